The van der Waals surface area contributed by atoms with Crippen molar-refractivity contribution in [3.8, 4) is 0 Å². The van der Waals surface area contributed by atoms with Crippen molar-refractivity contribution >= 4 is 24.2 Å². The van der Waals surface area contributed by atoms with Gasteiger partial charge in [-0.1, -0.05) is 36.2 Å². The van der Waals surface area contributed by atoms with Gasteiger partial charge in [0.2, 0.25) is 5.89 Å². The first-order valence-corrected chi connectivity index (χ1v) is 8.59. The van der Waals surface area contributed by atoms with Gasteiger partial charge in [0, 0.05) is 4.90 Å². The molecule has 1 aliphatic heterocycles. The Hall–Kier alpha value is -1.04. The molecule has 2 aromatic rings. The Kier molecular flexibility index (Phi) is 4.48. The van der Waals surface area contributed by atoms with Crippen molar-refractivity contribution in [3.63, 3.8) is 0 Å². The lowest BCUT2D eigenvalue weighted by atomic mass is 9.95. The number of benzene rings is 1. The molecule has 0 amide bonds. The number of thioether (sulfide) groups is 1. The number of nitrogens with zero attached hydrogens (tertiary/aromatic N) is 2. The Balaban J connectivity index is 0.00000144. The Morgan fingerprint density at radius 2 is 2.00 bits per heavy atom. The fourth-order valence-electron chi connectivity index (χ4n) is 3.41. The zero-order valence-electron chi connectivity index (χ0n) is 12.3. The van der Waals surface area contributed by atoms with Crippen molar-refractivity contribution in [3.05, 3.63) is 41.5 Å². The van der Waals surface area contributed by atoms with Crippen LogP contribution in [0.3, 0.4) is 0 Å². The molecule has 1 fully saturated rings. The highest BCUT2D eigenvalue weighted by molar-refractivity contribution is 7.99. The Morgan fingerprint density at radius 3 is 2.82 bits per heavy atom. The van der Waals surface area contributed by atoms with Crippen LogP contribution in [0.1, 0.15) is 55.3 Å². The molecule has 1 saturated carbocycles. The van der Waals surface area contributed by atoms with E-state index in [-0.39, 0.29) is 23.9 Å². The smallest absolute Gasteiger partial charge is 0.234 e. The molecule has 0 radical (unpaired) electrons. The van der Waals surface area contributed by atoms with Crippen LogP contribution in [0.2, 0.25) is 0 Å². The fraction of sp³-hybridized carbons (Fsp3) is 0.500. The number of rotatable bonds is 2. The summed E-state index contributed by atoms with van der Waals surface area (Å²) in [5, 5.41) is 4.20. The van der Waals surface area contributed by atoms with Crippen LogP contribution in [0, 0.1) is 0 Å². The van der Waals surface area contributed by atoms with Gasteiger partial charge >= 0.3 is 0 Å². The fourth-order valence-corrected chi connectivity index (χ4v) is 4.53. The lowest BCUT2D eigenvalue weighted by molar-refractivity contribution is 0.339. The molecule has 0 spiro atoms. The van der Waals surface area contributed by atoms with Gasteiger partial charge in [0.05, 0.1) is 11.5 Å². The number of fused-ring (bicyclic) bond motifs is 1. The van der Waals surface area contributed by atoms with E-state index in [0.717, 1.165) is 43.7 Å². The monoisotopic (exact) mass is 337 g/mol. The summed E-state index contributed by atoms with van der Waals surface area (Å²) in [5.74, 6) is 2.74. The predicted octanol–water partition coefficient (Wildman–Crippen LogP) is 3.85. The summed E-state index contributed by atoms with van der Waals surface area (Å²) in [6.07, 6.45) is 5.28. The summed E-state index contributed by atoms with van der Waals surface area (Å²) in [5.41, 5.74) is 7.37. The van der Waals surface area contributed by atoms with Crippen LogP contribution < -0.4 is 5.73 Å². The minimum Gasteiger partial charge on any atom is -0.339 e. The third-order valence-electron chi connectivity index (χ3n) is 4.64. The second-order valence-corrected chi connectivity index (χ2v) is 7.18. The average molecular weight is 338 g/mol. The lowest BCUT2D eigenvalue weighted by Crippen LogP contribution is -2.34. The minimum absolute atomic E-state index is 0. The number of aromatic nitrogens is 2. The third kappa shape index (κ3) is 2.66. The maximum absolute atomic E-state index is 6.43. The van der Waals surface area contributed by atoms with Gasteiger partial charge in [0.25, 0.3) is 0 Å². The minimum atomic E-state index is -0.370. The van der Waals surface area contributed by atoms with Gasteiger partial charge < -0.3 is 10.3 Å². The van der Waals surface area contributed by atoms with Crippen molar-refractivity contribution in [1.29, 1.82) is 0 Å². The zero-order chi connectivity index (χ0) is 14.3. The van der Waals surface area contributed by atoms with E-state index in [1.165, 1.54) is 10.5 Å². The number of hydrogen-bond acceptors (Lipinski definition) is 5. The molecule has 118 valence electrons. The zero-order valence-corrected chi connectivity index (χ0v) is 14.0. The van der Waals surface area contributed by atoms with Gasteiger partial charge in [-0.2, -0.15) is 4.98 Å². The van der Waals surface area contributed by atoms with Crippen molar-refractivity contribution in [2.45, 2.75) is 48.5 Å². The molecule has 1 aromatic heterocycles. The van der Waals surface area contributed by atoms with Gasteiger partial charge in [-0.3, -0.25) is 0 Å². The standard InChI is InChI=1S/C16H19N3OS.ClH/c17-16(8-3-4-9-16)15-18-14(20-19-15)12-7-10-21-13-6-2-1-5-11(12)13;/h1-2,5-6,12H,3-4,7-10,17H2;1H. The molecule has 1 aliphatic carbocycles. The quantitative estimate of drug-likeness (QED) is 0.901. The molecular weight excluding hydrogens is 318 g/mol. The van der Waals surface area contributed by atoms with Crippen molar-refractivity contribution in [2.24, 2.45) is 5.73 Å². The number of hydrogen-bond donors (Lipinski definition) is 1. The Labute approximate surface area is 140 Å². The third-order valence-corrected chi connectivity index (χ3v) is 5.76. The number of halogens is 1. The molecule has 2 N–H and O–H groups in total. The molecular formula is C16H20ClN3OS. The van der Waals surface area contributed by atoms with Crippen LogP contribution in [0.25, 0.3) is 0 Å². The highest BCUT2D eigenvalue weighted by Gasteiger charge is 2.37. The average Bonchev–Trinajstić information content (AvgIpc) is 3.16. The molecule has 4 rings (SSSR count). The molecule has 0 bridgehead atoms. The van der Waals surface area contributed by atoms with Crippen LogP contribution in [-0.2, 0) is 5.54 Å². The first-order chi connectivity index (χ1) is 10.3. The maximum atomic E-state index is 6.43. The van der Waals surface area contributed by atoms with Crippen LogP contribution in [-0.4, -0.2) is 15.9 Å². The Morgan fingerprint density at radius 1 is 1.23 bits per heavy atom. The van der Waals surface area contributed by atoms with Crippen molar-refractivity contribution < 1.29 is 4.52 Å². The SMILES string of the molecule is Cl.NC1(c2noc(C3CCSc4ccccc43)n2)CCCC1. The van der Waals surface area contributed by atoms with E-state index in [2.05, 4.69) is 34.4 Å². The van der Waals surface area contributed by atoms with E-state index in [1.807, 2.05) is 11.8 Å². The summed E-state index contributed by atoms with van der Waals surface area (Å²) in [6.45, 7) is 0. The topological polar surface area (TPSA) is 64.9 Å². The first-order valence-electron chi connectivity index (χ1n) is 7.61. The van der Waals surface area contributed by atoms with Gasteiger partial charge in [0.15, 0.2) is 5.82 Å². The highest BCUT2D eigenvalue weighted by atomic mass is 35.5. The van der Waals surface area contributed by atoms with E-state index in [4.69, 9.17) is 10.3 Å². The summed E-state index contributed by atoms with van der Waals surface area (Å²) in [4.78, 5) is 6.00. The van der Waals surface area contributed by atoms with Crippen LogP contribution in [0.15, 0.2) is 33.7 Å². The number of nitrogens with two attached hydrogens (primary N) is 1. The molecule has 1 unspecified atom stereocenters. The van der Waals surface area contributed by atoms with Gasteiger partial charge in [-0.05, 0) is 36.6 Å². The van der Waals surface area contributed by atoms with E-state index in [0.29, 0.717) is 5.82 Å². The maximum Gasteiger partial charge on any atom is 0.234 e. The predicted molar refractivity (Wildman–Crippen MR) is 89.5 cm³/mol. The normalized spacial score (nSPS) is 22.9. The van der Waals surface area contributed by atoms with Crippen LogP contribution >= 0.6 is 24.2 Å². The molecule has 2 aliphatic rings. The second-order valence-electron chi connectivity index (χ2n) is 6.05. The molecule has 22 heavy (non-hydrogen) atoms. The summed E-state index contributed by atoms with van der Waals surface area (Å²) in [6, 6.07) is 8.51. The second kappa shape index (κ2) is 6.22. The van der Waals surface area contributed by atoms with E-state index >= 15 is 0 Å². The van der Waals surface area contributed by atoms with Gasteiger partial charge in [-0.15, -0.1) is 24.2 Å². The van der Waals surface area contributed by atoms with Crippen molar-refractivity contribution in [2.75, 3.05) is 5.75 Å². The summed E-state index contributed by atoms with van der Waals surface area (Å²) < 4.78 is 5.59. The van der Waals surface area contributed by atoms with Gasteiger partial charge in [0.1, 0.15) is 0 Å². The molecule has 0 saturated heterocycles. The molecule has 6 heteroatoms. The van der Waals surface area contributed by atoms with Crippen LogP contribution in [0.4, 0.5) is 0 Å². The molecule has 1 atom stereocenters. The summed E-state index contributed by atoms with van der Waals surface area (Å²) >= 11 is 1.90. The highest BCUT2D eigenvalue weighted by Crippen LogP contribution is 2.41. The largest absolute Gasteiger partial charge is 0.339 e. The first kappa shape index (κ1) is 15.8. The van der Waals surface area contributed by atoms with Crippen molar-refractivity contribution in [1.82, 2.24) is 10.1 Å². The molecule has 2 heterocycles. The van der Waals surface area contributed by atoms with E-state index < -0.39 is 0 Å². The lowest BCUT2D eigenvalue weighted by Gasteiger charge is -2.22. The van der Waals surface area contributed by atoms with Crippen LogP contribution in [0.5, 0.6) is 0 Å². The molecule has 1 aromatic carbocycles. The summed E-state index contributed by atoms with van der Waals surface area (Å²) in [7, 11) is 0. The van der Waals surface area contributed by atoms with E-state index in [1.54, 1.807) is 0 Å². The molecule has 4 nitrogen and oxygen atoms in total. The van der Waals surface area contributed by atoms with Gasteiger partial charge in [-0.25, -0.2) is 0 Å². The van der Waals surface area contributed by atoms with E-state index in [9.17, 15) is 0 Å². The Bertz CT molecular complexity index is 654.